The lowest BCUT2D eigenvalue weighted by Gasteiger charge is -1.97. The normalized spacial score (nSPS) is 10.3. The highest BCUT2D eigenvalue weighted by molar-refractivity contribution is 5.81. The molecule has 0 aliphatic heterocycles. The predicted octanol–water partition coefficient (Wildman–Crippen LogP) is -0.169. The Morgan fingerprint density at radius 1 is 0.750 bits per heavy atom. The highest BCUT2D eigenvalue weighted by Crippen LogP contribution is 2.21. The van der Waals surface area contributed by atoms with Crippen molar-refractivity contribution in [1.29, 1.82) is 0 Å². The van der Waals surface area contributed by atoms with Crippen LogP contribution in [-0.4, -0.2) is 30.1 Å². The number of hydrogen-bond acceptors (Lipinski definition) is 6. The molecule has 2 aromatic rings. The third kappa shape index (κ3) is 0.815. The fraction of sp³-hybridized carbons (Fsp3) is 0. The van der Waals surface area contributed by atoms with E-state index in [2.05, 4.69) is 19.9 Å². The zero-order valence-corrected chi connectivity index (χ0v) is 5.84. The quantitative estimate of drug-likeness (QED) is 0.561. The molecule has 60 valence electrons. The standard InChI is InChI=1S/C6H4N4O2/c11-5-4-3(7-1-9-5)6(12)10-2-8-4/h1-2H,(H,7,9,11)(H,8,10,12). The minimum absolute atomic E-state index is 0.144. The maximum absolute atomic E-state index is 9.14. The molecule has 2 heterocycles. The highest BCUT2D eigenvalue weighted by atomic mass is 16.3. The molecule has 0 saturated heterocycles. The van der Waals surface area contributed by atoms with Crippen LogP contribution in [0.25, 0.3) is 11.0 Å². The molecule has 6 nitrogen and oxygen atoms in total. The van der Waals surface area contributed by atoms with E-state index in [9.17, 15) is 0 Å². The van der Waals surface area contributed by atoms with Crippen LogP contribution in [0.2, 0.25) is 0 Å². The number of fused-ring (bicyclic) bond motifs is 1. The van der Waals surface area contributed by atoms with E-state index < -0.39 is 0 Å². The van der Waals surface area contributed by atoms with Crippen molar-refractivity contribution in [1.82, 2.24) is 19.9 Å². The second-order valence-electron chi connectivity index (χ2n) is 2.09. The maximum atomic E-state index is 9.14. The van der Waals surface area contributed by atoms with Crippen LogP contribution in [0.5, 0.6) is 11.8 Å². The maximum Gasteiger partial charge on any atom is 0.241 e. The zero-order chi connectivity index (χ0) is 8.55. The Labute approximate surface area is 66.6 Å². The third-order valence-corrected chi connectivity index (χ3v) is 1.38. The summed E-state index contributed by atoms with van der Waals surface area (Å²) in [5.74, 6) is -0.532. The van der Waals surface area contributed by atoms with Crippen LogP contribution in [0.15, 0.2) is 12.7 Å². The molecule has 2 aromatic heterocycles. The Hall–Kier alpha value is -1.98. The van der Waals surface area contributed by atoms with Crippen LogP contribution in [-0.2, 0) is 0 Å². The van der Waals surface area contributed by atoms with Gasteiger partial charge in [0.2, 0.25) is 11.8 Å². The first-order chi connectivity index (χ1) is 5.79. The first-order valence-electron chi connectivity index (χ1n) is 3.12. The van der Waals surface area contributed by atoms with E-state index in [1.54, 1.807) is 0 Å². The molecular formula is C6H4N4O2. The molecular weight excluding hydrogens is 160 g/mol. The summed E-state index contributed by atoms with van der Waals surface area (Å²) in [5.41, 5.74) is 0.287. The van der Waals surface area contributed by atoms with E-state index in [0.29, 0.717) is 0 Å². The molecule has 12 heavy (non-hydrogen) atoms. The van der Waals surface area contributed by atoms with Crippen molar-refractivity contribution in [2.24, 2.45) is 0 Å². The Balaban J connectivity index is 2.94. The van der Waals surface area contributed by atoms with Crippen molar-refractivity contribution in [3.8, 4) is 11.8 Å². The van der Waals surface area contributed by atoms with Crippen molar-refractivity contribution in [3.63, 3.8) is 0 Å². The van der Waals surface area contributed by atoms with Gasteiger partial charge in [0.1, 0.15) is 12.7 Å². The van der Waals surface area contributed by atoms with Crippen LogP contribution < -0.4 is 0 Å². The van der Waals surface area contributed by atoms with Gasteiger partial charge in [-0.1, -0.05) is 0 Å². The highest BCUT2D eigenvalue weighted by Gasteiger charge is 2.06. The average Bonchev–Trinajstić information content (AvgIpc) is 2.07. The summed E-state index contributed by atoms with van der Waals surface area (Å²) in [6, 6.07) is 0. The molecule has 0 amide bonds. The lowest BCUT2D eigenvalue weighted by molar-refractivity contribution is 0.448. The van der Waals surface area contributed by atoms with E-state index in [1.807, 2.05) is 0 Å². The smallest absolute Gasteiger partial charge is 0.241 e. The predicted molar refractivity (Wildman–Crippen MR) is 38.5 cm³/mol. The van der Waals surface area contributed by atoms with Gasteiger partial charge in [0, 0.05) is 0 Å². The van der Waals surface area contributed by atoms with Gasteiger partial charge in [0.25, 0.3) is 0 Å². The number of nitrogens with zero attached hydrogens (tertiary/aromatic N) is 4. The molecule has 6 heteroatoms. The fourth-order valence-corrected chi connectivity index (χ4v) is 0.854. The molecule has 0 aromatic carbocycles. The molecule has 2 rings (SSSR count). The first kappa shape index (κ1) is 6.71. The summed E-state index contributed by atoms with van der Waals surface area (Å²) < 4.78 is 0. The summed E-state index contributed by atoms with van der Waals surface area (Å²) in [6.45, 7) is 0. The van der Waals surface area contributed by atoms with Crippen LogP contribution in [0.3, 0.4) is 0 Å². The van der Waals surface area contributed by atoms with E-state index >= 15 is 0 Å². The number of rotatable bonds is 0. The molecule has 0 bridgehead atoms. The van der Waals surface area contributed by atoms with Gasteiger partial charge >= 0.3 is 0 Å². The zero-order valence-electron chi connectivity index (χ0n) is 5.84. The minimum atomic E-state index is -0.266. The summed E-state index contributed by atoms with van der Waals surface area (Å²) in [5, 5.41) is 18.3. The molecule has 0 fully saturated rings. The van der Waals surface area contributed by atoms with E-state index in [1.165, 1.54) is 0 Å². The van der Waals surface area contributed by atoms with Crippen LogP contribution in [0.1, 0.15) is 0 Å². The lowest BCUT2D eigenvalue weighted by Crippen LogP contribution is -1.88. The second kappa shape index (κ2) is 2.26. The van der Waals surface area contributed by atoms with E-state index in [4.69, 9.17) is 10.2 Å². The number of hydrogen-bond donors (Lipinski definition) is 2. The van der Waals surface area contributed by atoms with Crippen molar-refractivity contribution in [2.75, 3.05) is 0 Å². The van der Waals surface area contributed by atoms with Crippen molar-refractivity contribution in [3.05, 3.63) is 12.7 Å². The van der Waals surface area contributed by atoms with Crippen LogP contribution >= 0.6 is 0 Å². The van der Waals surface area contributed by atoms with Gasteiger partial charge in [0.05, 0.1) is 0 Å². The molecule has 0 aliphatic carbocycles. The van der Waals surface area contributed by atoms with Crippen molar-refractivity contribution >= 4 is 11.0 Å². The first-order valence-corrected chi connectivity index (χ1v) is 3.12. The Morgan fingerprint density at radius 3 is 1.58 bits per heavy atom. The molecule has 0 spiro atoms. The molecule has 0 atom stereocenters. The summed E-state index contributed by atoms with van der Waals surface area (Å²) in [4.78, 5) is 14.4. The van der Waals surface area contributed by atoms with Gasteiger partial charge in [0.15, 0.2) is 11.0 Å². The van der Waals surface area contributed by atoms with Crippen molar-refractivity contribution in [2.45, 2.75) is 0 Å². The second-order valence-corrected chi connectivity index (χ2v) is 2.09. The topological polar surface area (TPSA) is 92.0 Å². The monoisotopic (exact) mass is 164 g/mol. The van der Waals surface area contributed by atoms with Gasteiger partial charge in [-0.2, -0.15) is 0 Å². The third-order valence-electron chi connectivity index (χ3n) is 1.38. The van der Waals surface area contributed by atoms with Crippen LogP contribution in [0.4, 0.5) is 0 Å². The number of aromatic nitrogens is 4. The van der Waals surface area contributed by atoms with Gasteiger partial charge in [-0.3, -0.25) is 0 Å². The Kier molecular flexibility index (Phi) is 1.26. The van der Waals surface area contributed by atoms with Crippen molar-refractivity contribution < 1.29 is 10.2 Å². The fourth-order valence-electron chi connectivity index (χ4n) is 0.854. The Morgan fingerprint density at radius 2 is 1.17 bits per heavy atom. The summed E-state index contributed by atoms with van der Waals surface area (Å²) in [6.07, 6.45) is 2.25. The van der Waals surface area contributed by atoms with E-state index in [0.717, 1.165) is 12.7 Å². The van der Waals surface area contributed by atoms with Gasteiger partial charge in [-0.05, 0) is 0 Å². The average molecular weight is 164 g/mol. The largest absolute Gasteiger partial charge is 0.492 e. The Bertz CT molecular complexity index is 390. The molecule has 2 N–H and O–H groups in total. The van der Waals surface area contributed by atoms with Gasteiger partial charge in [-0.15, -0.1) is 0 Å². The van der Waals surface area contributed by atoms with Gasteiger partial charge in [-0.25, -0.2) is 19.9 Å². The minimum Gasteiger partial charge on any atom is -0.492 e. The summed E-state index contributed by atoms with van der Waals surface area (Å²) >= 11 is 0. The SMILES string of the molecule is Oc1ncnc2c(O)ncnc12. The molecule has 0 unspecified atom stereocenters. The molecule has 0 saturated carbocycles. The molecule has 0 aliphatic rings. The lowest BCUT2D eigenvalue weighted by atomic mass is 10.4. The molecule has 0 radical (unpaired) electrons. The number of aromatic hydroxyl groups is 2. The van der Waals surface area contributed by atoms with E-state index in [-0.39, 0.29) is 22.8 Å². The van der Waals surface area contributed by atoms with Gasteiger partial charge < -0.3 is 10.2 Å². The summed E-state index contributed by atoms with van der Waals surface area (Å²) in [7, 11) is 0. The van der Waals surface area contributed by atoms with Crippen LogP contribution in [0, 0.1) is 0 Å².